The van der Waals surface area contributed by atoms with Crippen molar-refractivity contribution < 1.29 is 4.74 Å². The lowest BCUT2D eigenvalue weighted by atomic mass is 9.95. The highest BCUT2D eigenvalue weighted by Crippen LogP contribution is 2.28. The minimum Gasteiger partial charge on any atom is -0.379 e. The van der Waals surface area contributed by atoms with Crippen molar-refractivity contribution in [1.29, 1.82) is 0 Å². The molecule has 1 fully saturated rings. The first kappa shape index (κ1) is 14.0. The molecule has 0 bridgehead atoms. The first-order valence-electron chi connectivity index (χ1n) is 6.76. The highest BCUT2D eigenvalue weighted by Gasteiger charge is 2.25. The molecule has 0 saturated heterocycles. The molecule has 2 heteroatoms. The molecule has 0 heterocycles. The van der Waals surface area contributed by atoms with Crippen LogP contribution in [0.4, 0.5) is 0 Å². The first-order valence-corrected chi connectivity index (χ1v) is 6.76. The molecule has 96 valence electrons. The molecule has 0 aromatic carbocycles. The van der Waals surface area contributed by atoms with Gasteiger partial charge in [0.25, 0.3) is 0 Å². The zero-order chi connectivity index (χ0) is 12.2. The molecule has 0 aromatic heterocycles. The number of nitrogens with one attached hydrogen (secondary N) is 1. The number of ether oxygens (including phenoxy) is 1. The van der Waals surface area contributed by atoms with Gasteiger partial charge in [-0.25, -0.2) is 0 Å². The van der Waals surface area contributed by atoms with Crippen molar-refractivity contribution in [2.45, 2.75) is 77.5 Å². The predicted molar refractivity (Wildman–Crippen MR) is 69.7 cm³/mol. The van der Waals surface area contributed by atoms with E-state index >= 15 is 0 Å². The molecule has 1 rings (SSSR count). The standard InChI is InChI=1S/C14H29NO/c1-11(10-14(3,4)16-5)15-12(2)13-8-6-7-9-13/h11-13,15H,6-10H2,1-5H3/t11?,12-/m0/s1. The van der Waals surface area contributed by atoms with Gasteiger partial charge in [0.05, 0.1) is 5.60 Å². The number of rotatable bonds is 6. The summed E-state index contributed by atoms with van der Waals surface area (Å²) >= 11 is 0. The van der Waals surface area contributed by atoms with Crippen LogP contribution >= 0.6 is 0 Å². The Labute approximate surface area is 101 Å². The third kappa shape index (κ3) is 4.42. The van der Waals surface area contributed by atoms with E-state index in [4.69, 9.17) is 4.74 Å². The monoisotopic (exact) mass is 227 g/mol. The van der Waals surface area contributed by atoms with Crippen molar-refractivity contribution in [2.75, 3.05) is 7.11 Å². The van der Waals surface area contributed by atoms with Crippen LogP contribution in [0.3, 0.4) is 0 Å². The van der Waals surface area contributed by atoms with Crippen molar-refractivity contribution in [2.24, 2.45) is 5.92 Å². The van der Waals surface area contributed by atoms with Crippen LogP contribution in [-0.4, -0.2) is 24.8 Å². The van der Waals surface area contributed by atoms with Gasteiger partial charge >= 0.3 is 0 Å². The lowest BCUT2D eigenvalue weighted by Crippen LogP contribution is -2.42. The second-order valence-electron chi connectivity index (χ2n) is 6.07. The molecule has 0 radical (unpaired) electrons. The number of hydrogen-bond acceptors (Lipinski definition) is 2. The minimum atomic E-state index is -0.0121. The summed E-state index contributed by atoms with van der Waals surface area (Å²) in [6, 6.07) is 1.19. The smallest absolute Gasteiger partial charge is 0.0637 e. The molecular weight excluding hydrogens is 198 g/mol. The summed E-state index contributed by atoms with van der Waals surface area (Å²) in [6.45, 7) is 8.93. The molecule has 16 heavy (non-hydrogen) atoms. The van der Waals surface area contributed by atoms with E-state index < -0.39 is 0 Å². The Kier molecular flexibility index (Phi) is 5.26. The zero-order valence-corrected chi connectivity index (χ0v) is 11.7. The van der Waals surface area contributed by atoms with E-state index in [2.05, 4.69) is 33.0 Å². The summed E-state index contributed by atoms with van der Waals surface area (Å²) in [5.41, 5.74) is -0.0121. The van der Waals surface area contributed by atoms with Crippen LogP contribution in [0.25, 0.3) is 0 Å². The Morgan fingerprint density at radius 2 is 1.81 bits per heavy atom. The highest BCUT2D eigenvalue weighted by molar-refractivity contribution is 4.82. The Hall–Kier alpha value is -0.0800. The third-order valence-corrected chi connectivity index (χ3v) is 4.00. The van der Waals surface area contributed by atoms with Crippen LogP contribution in [0.1, 0.15) is 59.8 Å². The quantitative estimate of drug-likeness (QED) is 0.751. The maximum absolute atomic E-state index is 5.48. The fraction of sp³-hybridized carbons (Fsp3) is 1.00. The van der Waals surface area contributed by atoms with E-state index in [-0.39, 0.29) is 5.60 Å². The Morgan fingerprint density at radius 3 is 2.31 bits per heavy atom. The van der Waals surface area contributed by atoms with E-state index in [1.165, 1.54) is 25.7 Å². The maximum Gasteiger partial charge on any atom is 0.0637 e. The first-order chi connectivity index (χ1) is 7.44. The number of hydrogen-bond donors (Lipinski definition) is 1. The molecule has 2 atom stereocenters. The molecule has 1 saturated carbocycles. The molecule has 1 unspecified atom stereocenters. The topological polar surface area (TPSA) is 21.3 Å². The molecule has 2 nitrogen and oxygen atoms in total. The average Bonchev–Trinajstić information content (AvgIpc) is 2.69. The van der Waals surface area contributed by atoms with Crippen LogP contribution in [0.5, 0.6) is 0 Å². The second-order valence-corrected chi connectivity index (χ2v) is 6.07. The Morgan fingerprint density at radius 1 is 1.25 bits per heavy atom. The molecule has 1 aliphatic carbocycles. The maximum atomic E-state index is 5.48. The van der Waals surface area contributed by atoms with Gasteiger partial charge < -0.3 is 10.1 Å². The molecular formula is C14H29NO. The summed E-state index contributed by atoms with van der Waals surface area (Å²) in [5, 5.41) is 3.73. The summed E-state index contributed by atoms with van der Waals surface area (Å²) < 4.78 is 5.48. The third-order valence-electron chi connectivity index (χ3n) is 4.00. The SMILES string of the molecule is COC(C)(C)CC(C)N[C@@H](C)C1CCCC1. The Balaban J connectivity index is 2.30. The van der Waals surface area contributed by atoms with Crippen LogP contribution < -0.4 is 5.32 Å². The fourth-order valence-corrected chi connectivity index (χ4v) is 2.92. The minimum absolute atomic E-state index is 0.0121. The molecule has 0 amide bonds. The summed E-state index contributed by atoms with van der Waals surface area (Å²) in [7, 11) is 1.80. The Bertz CT molecular complexity index is 197. The largest absolute Gasteiger partial charge is 0.379 e. The normalized spacial score (nSPS) is 22.3. The average molecular weight is 227 g/mol. The predicted octanol–water partition coefficient (Wildman–Crippen LogP) is 3.36. The highest BCUT2D eigenvalue weighted by atomic mass is 16.5. The summed E-state index contributed by atoms with van der Waals surface area (Å²) in [6.07, 6.45) is 6.74. The molecule has 1 N–H and O–H groups in total. The van der Waals surface area contributed by atoms with Crippen LogP contribution in [-0.2, 0) is 4.74 Å². The van der Waals surface area contributed by atoms with Crippen molar-refractivity contribution >= 4 is 0 Å². The van der Waals surface area contributed by atoms with Gasteiger partial charge in [-0.15, -0.1) is 0 Å². The van der Waals surface area contributed by atoms with E-state index in [0.717, 1.165) is 12.3 Å². The van der Waals surface area contributed by atoms with E-state index in [0.29, 0.717) is 12.1 Å². The van der Waals surface area contributed by atoms with Gasteiger partial charge in [-0.3, -0.25) is 0 Å². The van der Waals surface area contributed by atoms with Crippen molar-refractivity contribution in [3.05, 3.63) is 0 Å². The van der Waals surface area contributed by atoms with E-state index in [1.54, 1.807) is 7.11 Å². The van der Waals surface area contributed by atoms with E-state index in [9.17, 15) is 0 Å². The lowest BCUT2D eigenvalue weighted by Gasteiger charge is -2.30. The van der Waals surface area contributed by atoms with Gasteiger partial charge in [0, 0.05) is 19.2 Å². The molecule has 1 aliphatic rings. The van der Waals surface area contributed by atoms with Gasteiger partial charge in [0.15, 0.2) is 0 Å². The zero-order valence-electron chi connectivity index (χ0n) is 11.7. The molecule has 0 aliphatic heterocycles. The molecule has 0 spiro atoms. The van der Waals surface area contributed by atoms with Crippen molar-refractivity contribution in [1.82, 2.24) is 5.32 Å². The van der Waals surface area contributed by atoms with Gasteiger partial charge in [-0.2, -0.15) is 0 Å². The summed E-state index contributed by atoms with van der Waals surface area (Å²) in [4.78, 5) is 0. The van der Waals surface area contributed by atoms with Gasteiger partial charge in [0.2, 0.25) is 0 Å². The van der Waals surface area contributed by atoms with E-state index in [1.807, 2.05) is 0 Å². The van der Waals surface area contributed by atoms with Crippen LogP contribution in [0.15, 0.2) is 0 Å². The van der Waals surface area contributed by atoms with Crippen LogP contribution in [0, 0.1) is 5.92 Å². The van der Waals surface area contributed by atoms with Gasteiger partial charge in [0.1, 0.15) is 0 Å². The molecule has 0 aromatic rings. The van der Waals surface area contributed by atoms with Gasteiger partial charge in [-0.05, 0) is 52.9 Å². The van der Waals surface area contributed by atoms with Crippen molar-refractivity contribution in [3.8, 4) is 0 Å². The number of methoxy groups -OCH3 is 1. The van der Waals surface area contributed by atoms with Crippen molar-refractivity contribution in [3.63, 3.8) is 0 Å². The summed E-state index contributed by atoms with van der Waals surface area (Å²) in [5.74, 6) is 0.896. The van der Waals surface area contributed by atoms with Gasteiger partial charge in [-0.1, -0.05) is 12.8 Å². The fourth-order valence-electron chi connectivity index (χ4n) is 2.92. The van der Waals surface area contributed by atoms with Crippen LogP contribution in [0.2, 0.25) is 0 Å². The lowest BCUT2D eigenvalue weighted by molar-refractivity contribution is 0.00727. The second kappa shape index (κ2) is 6.02.